The summed E-state index contributed by atoms with van der Waals surface area (Å²) < 4.78 is 1.85. The summed E-state index contributed by atoms with van der Waals surface area (Å²) in [5.41, 5.74) is 4.80. The molecule has 0 aliphatic heterocycles. The molecule has 0 atom stereocenters. The Bertz CT molecular complexity index is 831. The summed E-state index contributed by atoms with van der Waals surface area (Å²) in [6.45, 7) is 4.48. The van der Waals surface area contributed by atoms with E-state index in [9.17, 15) is 4.79 Å². The van der Waals surface area contributed by atoms with Crippen LogP contribution >= 0.6 is 0 Å². The molecule has 0 fully saturated rings. The average Bonchev–Trinajstić information content (AvgIpc) is 3.16. The molecule has 0 aliphatic rings. The van der Waals surface area contributed by atoms with Crippen LogP contribution in [0.2, 0.25) is 0 Å². The number of carbonyl (C=O) groups excluding carboxylic acids is 1. The number of aryl methyl sites for hydroxylation is 2. The summed E-state index contributed by atoms with van der Waals surface area (Å²) in [7, 11) is 1.81. The number of hydrogen-bond acceptors (Lipinski definition) is 2. The molecule has 3 rings (SSSR count). The van der Waals surface area contributed by atoms with E-state index in [-0.39, 0.29) is 5.91 Å². The number of nitrogens with zero attached hydrogens (tertiary/aromatic N) is 3. The van der Waals surface area contributed by atoms with Crippen LogP contribution in [-0.2, 0) is 6.54 Å². The van der Waals surface area contributed by atoms with E-state index >= 15 is 0 Å². The van der Waals surface area contributed by atoms with Crippen molar-refractivity contribution >= 4 is 5.91 Å². The van der Waals surface area contributed by atoms with E-state index < -0.39 is 0 Å². The van der Waals surface area contributed by atoms with Gasteiger partial charge in [0.25, 0.3) is 5.91 Å². The van der Waals surface area contributed by atoms with Crippen molar-refractivity contribution in [3.63, 3.8) is 0 Å². The van der Waals surface area contributed by atoms with Gasteiger partial charge in [-0.1, -0.05) is 18.2 Å². The third kappa shape index (κ3) is 3.04. The van der Waals surface area contributed by atoms with Crippen LogP contribution in [-0.4, -0.2) is 32.6 Å². The predicted molar refractivity (Wildman–Crippen MR) is 89.6 cm³/mol. The van der Waals surface area contributed by atoms with Gasteiger partial charge >= 0.3 is 0 Å². The first-order chi connectivity index (χ1) is 11.1. The molecule has 0 radical (unpaired) electrons. The number of benzene rings is 1. The Morgan fingerprint density at radius 2 is 2.04 bits per heavy atom. The van der Waals surface area contributed by atoms with Crippen LogP contribution < -0.4 is 0 Å². The monoisotopic (exact) mass is 308 g/mol. The maximum atomic E-state index is 12.4. The number of rotatable bonds is 4. The van der Waals surface area contributed by atoms with Gasteiger partial charge in [-0.15, -0.1) is 0 Å². The minimum atomic E-state index is 0.00684. The summed E-state index contributed by atoms with van der Waals surface area (Å²) >= 11 is 0. The van der Waals surface area contributed by atoms with Crippen LogP contribution in [0.3, 0.4) is 0 Å². The Balaban J connectivity index is 1.76. The van der Waals surface area contributed by atoms with Gasteiger partial charge in [-0.25, -0.2) is 4.68 Å². The van der Waals surface area contributed by atoms with Crippen LogP contribution in [0.4, 0.5) is 0 Å². The fourth-order valence-corrected chi connectivity index (χ4v) is 2.63. The first-order valence-electron chi connectivity index (χ1n) is 7.55. The maximum Gasteiger partial charge on any atom is 0.255 e. The van der Waals surface area contributed by atoms with Gasteiger partial charge in [-0.3, -0.25) is 4.79 Å². The normalized spacial score (nSPS) is 10.7. The molecular formula is C18H20N4O. The topological polar surface area (TPSA) is 53.9 Å². The van der Waals surface area contributed by atoms with Gasteiger partial charge in [0.05, 0.1) is 17.4 Å². The van der Waals surface area contributed by atoms with Crippen molar-refractivity contribution < 1.29 is 4.79 Å². The van der Waals surface area contributed by atoms with Crippen molar-refractivity contribution in [1.29, 1.82) is 0 Å². The number of aromatic amines is 1. The highest BCUT2D eigenvalue weighted by Crippen LogP contribution is 2.15. The molecule has 0 unspecified atom stereocenters. The first-order valence-corrected chi connectivity index (χ1v) is 7.55. The molecule has 1 aromatic carbocycles. The van der Waals surface area contributed by atoms with E-state index in [2.05, 4.69) is 23.1 Å². The van der Waals surface area contributed by atoms with E-state index in [1.807, 2.05) is 42.1 Å². The molecule has 3 aromatic rings. The van der Waals surface area contributed by atoms with Crippen molar-refractivity contribution in [3.8, 4) is 5.69 Å². The summed E-state index contributed by atoms with van der Waals surface area (Å²) in [6, 6.07) is 9.90. The number of carbonyl (C=O) groups is 1. The Hall–Kier alpha value is -2.82. The van der Waals surface area contributed by atoms with Gasteiger partial charge in [0, 0.05) is 37.2 Å². The van der Waals surface area contributed by atoms with Crippen molar-refractivity contribution in [1.82, 2.24) is 19.7 Å². The molecule has 23 heavy (non-hydrogen) atoms. The fraction of sp³-hybridized carbons (Fsp3) is 0.222. The molecule has 1 N–H and O–H groups in total. The molecular weight excluding hydrogens is 288 g/mol. The summed E-state index contributed by atoms with van der Waals surface area (Å²) in [5.74, 6) is 0.00684. The lowest BCUT2D eigenvalue weighted by Crippen LogP contribution is -2.26. The molecule has 2 heterocycles. The number of nitrogens with one attached hydrogen (secondary N) is 1. The maximum absolute atomic E-state index is 12.4. The fourth-order valence-electron chi connectivity index (χ4n) is 2.63. The second kappa shape index (κ2) is 6.12. The van der Waals surface area contributed by atoms with E-state index in [4.69, 9.17) is 0 Å². The van der Waals surface area contributed by atoms with E-state index in [0.717, 1.165) is 22.5 Å². The summed E-state index contributed by atoms with van der Waals surface area (Å²) in [5, 5.41) is 4.41. The lowest BCUT2D eigenvalue weighted by molar-refractivity contribution is 0.0784. The zero-order chi connectivity index (χ0) is 16.4. The largest absolute Gasteiger partial charge is 0.365 e. The minimum absolute atomic E-state index is 0.00684. The molecule has 2 aromatic heterocycles. The van der Waals surface area contributed by atoms with Gasteiger partial charge in [-0.05, 0) is 31.5 Å². The third-order valence-electron chi connectivity index (χ3n) is 3.95. The highest BCUT2D eigenvalue weighted by Gasteiger charge is 2.15. The zero-order valence-electron chi connectivity index (χ0n) is 13.6. The zero-order valence-corrected chi connectivity index (χ0v) is 13.6. The van der Waals surface area contributed by atoms with E-state index in [1.165, 1.54) is 0 Å². The number of hydrogen-bond donors (Lipinski definition) is 1. The molecule has 0 spiro atoms. The molecule has 118 valence electrons. The Labute approximate surface area is 135 Å². The van der Waals surface area contributed by atoms with E-state index in [1.54, 1.807) is 24.3 Å². The molecule has 5 nitrogen and oxygen atoms in total. The van der Waals surface area contributed by atoms with Gasteiger partial charge in [0.2, 0.25) is 0 Å². The van der Waals surface area contributed by atoms with Crippen LogP contribution in [0.25, 0.3) is 5.69 Å². The molecule has 0 bridgehead atoms. The minimum Gasteiger partial charge on any atom is -0.365 e. The first kappa shape index (κ1) is 15.1. The SMILES string of the molecule is Cc1ccccc1-n1cc(CN(C)C(=O)c2cc[nH]c2C)cn1. The van der Waals surface area contributed by atoms with Crippen LogP contribution in [0, 0.1) is 13.8 Å². The van der Waals surface area contributed by atoms with Gasteiger partial charge < -0.3 is 9.88 Å². The van der Waals surface area contributed by atoms with Crippen molar-refractivity contribution in [2.24, 2.45) is 0 Å². The van der Waals surface area contributed by atoms with Crippen LogP contribution in [0.5, 0.6) is 0 Å². The number of H-pyrrole nitrogens is 1. The second-order valence-electron chi connectivity index (χ2n) is 5.76. The summed E-state index contributed by atoms with van der Waals surface area (Å²) in [4.78, 5) is 17.2. The lowest BCUT2D eigenvalue weighted by atomic mass is 10.2. The van der Waals surface area contributed by atoms with Crippen LogP contribution in [0.15, 0.2) is 48.9 Å². The average molecular weight is 308 g/mol. The standard InChI is InChI=1S/C18H20N4O/c1-13-6-4-5-7-17(13)22-12-15(10-20-22)11-21(3)18(23)16-8-9-19-14(16)2/h4-10,12,19H,11H2,1-3H3. The predicted octanol–water partition coefficient (Wildman–Crippen LogP) is 3.09. The lowest BCUT2D eigenvalue weighted by Gasteiger charge is -2.16. The van der Waals surface area contributed by atoms with Crippen molar-refractivity contribution in [2.45, 2.75) is 20.4 Å². The van der Waals surface area contributed by atoms with Gasteiger partial charge in [0.15, 0.2) is 0 Å². The van der Waals surface area contributed by atoms with Crippen LogP contribution in [0.1, 0.15) is 27.2 Å². The highest BCUT2D eigenvalue weighted by molar-refractivity contribution is 5.95. The number of amides is 1. The quantitative estimate of drug-likeness (QED) is 0.805. The van der Waals surface area contributed by atoms with Crippen molar-refractivity contribution in [2.75, 3.05) is 7.05 Å². The smallest absolute Gasteiger partial charge is 0.255 e. The highest BCUT2D eigenvalue weighted by atomic mass is 16.2. The van der Waals surface area contributed by atoms with Gasteiger partial charge in [0.1, 0.15) is 0 Å². The molecule has 0 saturated carbocycles. The summed E-state index contributed by atoms with van der Waals surface area (Å²) in [6.07, 6.45) is 5.56. The number of aromatic nitrogens is 3. The number of para-hydroxylation sites is 1. The molecule has 0 saturated heterocycles. The Morgan fingerprint density at radius 1 is 1.26 bits per heavy atom. The second-order valence-corrected chi connectivity index (χ2v) is 5.76. The molecule has 1 amide bonds. The molecule has 0 aliphatic carbocycles. The van der Waals surface area contributed by atoms with Gasteiger partial charge in [-0.2, -0.15) is 5.10 Å². The Morgan fingerprint density at radius 3 is 2.74 bits per heavy atom. The molecule has 5 heteroatoms. The Kier molecular flexibility index (Phi) is 4.02. The third-order valence-corrected chi connectivity index (χ3v) is 3.95. The van der Waals surface area contributed by atoms with Crippen molar-refractivity contribution in [3.05, 3.63) is 71.3 Å². The van der Waals surface area contributed by atoms with E-state index in [0.29, 0.717) is 12.1 Å².